The van der Waals surface area contributed by atoms with Crippen molar-refractivity contribution in [2.24, 2.45) is 0 Å². The second-order valence-electron chi connectivity index (χ2n) is 3.00. The van der Waals surface area contributed by atoms with Gasteiger partial charge in [-0.05, 0) is 12.8 Å². The molecule has 1 rings (SSSR count). The fourth-order valence-electron chi connectivity index (χ4n) is 0.695. The van der Waals surface area contributed by atoms with Crippen molar-refractivity contribution in [3.8, 4) is 0 Å². The fourth-order valence-corrected chi connectivity index (χ4v) is 0.695. The molecule has 1 atom stereocenters. The molecule has 1 heterocycles. The summed E-state index contributed by atoms with van der Waals surface area (Å²) in [4.78, 5) is 9.25. The first-order valence-corrected chi connectivity index (χ1v) is 4.86. The summed E-state index contributed by atoms with van der Waals surface area (Å²) in [5.74, 6) is -0.981. The van der Waals surface area contributed by atoms with Crippen molar-refractivity contribution in [1.29, 1.82) is 0 Å². The van der Waals surface area contributed by atoms with Crippen LogP contribution in [0.15, 0.2) is 12.7 Å². The van der Waals surface area contributed by atoms with E-state index in [1.165, 1.54) is 0 Å². The lowest BCUT2D eigenvalue weighted by Crippen LogP contribution is -2.02. The lowest BCUT2D eigenvalue weighted by Gasteiger charge is -1.99. The molecule has 15 heavy (non-hydrogen) atoms. The van der Waals surface area contributed by atoms with Gasteiger partial charge in [-0.25, -0.2) is 4.79 Å². The predicted molar refractivity (Wildman–Crippen MR) is 54.7 cm³/mol. The van der Waals surface area contributed by atoms with Crippen molar-refractivity contribution in [2.75, 3.05) is 26.4 Å². The Bertz CT molecular complexity index is 177. The number of hydrogen-bond donors (Lipinski definition) is 2. The monoisotopic (exact) mass is 218 g/mol. The number of epoxide rings is 1. The van der Waals surface area contributed by atoms with E-state index in [9.17, 15) is 4.79 Å². The molecule has 1 fully saturated rings. The van der Waals surface area contributed by atoms with Crippen molar-refractivity contribution >= 4 is 5.97 Å². The van der Waals surface area contributed by atoms with Crippen molar-refractivity contribution in [3.05, 3.63) is 12.7 Å². The lowest BCUT2D eigenvalue weighted by atomic mass is 10.3. The Balaban J connectivity index is 0.000000336. The van der Waals surface area contributed by atoms with Gasteiger partial charge >= 0.3 is 5.97 Å². The number of hydrogen-bond acceptors (Lipinski definition) is 4. The molecule has 5 nitrogen and oxygen atoms in total. The van der Waals surface area contributed by atoms with Gasteiger partial charge in [0.2, 0.25) is 0 Å². The van der Waals surface area contributed by atoms with Crippen LogP contribution in [0.25, 0.3) is 0 Å². The van der Waals surface area contributed by atoms with E-state index in [0.29, 0.717) is 6.10 Å². The summed E-state index contributed by atoms with van der Waals surface area (Å²) >= 11 is 0. The quantitative estimate of drug-likeness (QED) is 0.368. The standard InChI is InChI=1S/C7H14O3.C3H4O2/c8-3-1-2-4-9-5-7-6-10-7;1-2-3(4)5/h7-8H,1-6H2;2H,1H2,(H,4,5). The van der Waals surface area contributed by atoms with Crippen molar-refractivity contribution in [3.63, 3.8) is 0 Å². The summed E-state index contributed by atoms with van der Waals surface area (Å²) in [6.07, 6.45) is 2.99. The van der Waals surface area contributed by atoms with E-state index in [4.69, 9.17) is 19.7 Å². The van der Waals surface area contributed by atoms with E-state index >= 15 is 0 Å². The van der Waals surface area contributed by atoms with Crippen LogP contribution in [0, 0.1) is 0 Å². The first-order chi connectivity index (χ1) is 7.20. The van der Waals surface area contributed by atoms with Crippen LogP contribution in [0.2, 0.25) is 0 Å². The topological polar surface area (TPSA) is 79.3 Å². The molecule has 0 aromatic heterocycles. The highest BCUT2D eigenvalue weighted by Crippen LogP contribution is 2.08. The number of unbranched alkanes of at least 4 members (excludes halogenated alkanes) is 1. The Kier molecular flexibility index (Phi) is 9.05. The maximum absolute atomic E-state index is 9.25. The number of carboxylic acids is 1. The van der Waals surface area contributed by atoms with Crippen LogP contribution < -0.4 is 0 Å². The second kappa shape index (κ2) is 9.64. The second-order valence-corrected chi connectivity index (χ2v) is 3.00. The normalized spacial score (nSPS) is 17.5. The molecule has 5 heteroatoms. The third-order valence-electron chi connectivity index (χ3n) is 1.58. The summed E-state index contributed by atoms with van der Waals surface area (Å²) in [6, 6.07) is 0. The number of rotatable bonds is 7. The number of carbonyl (C=O) groups is 1. The average molecular weight is 218 g/mol. The van der Waals surface area contributed by atoms with Crippen molar-refractivity contribution in [1.82, 2.24) is 0 Å². The molecule has 1 aliphatic rings. The zero-order valence-electron chi connectivity index (χ0n) is 8.72. The highest BCUT2D eigenvalue weighted by atomic mass is 16.6. The summed E-state index contributed by atoms with van der Waals surface area (Å²) < 4.78 is 10.2. The summed E-state index contributed by atoms with van der Waals surface area (Å²) in [5.41, 5.74) is 0. The first kappa shape index (κ1) is 14.1. The number of aliphatic hydroxyl groups excluding tert-OH is 1. The highest BCUT2D eigenvalue weighted by Gasteiger charge is 2.21. The molecule has 0 aromatic carbocycles. The van der Waals surface area contributed by atoms with Crippen LogP contribution in [0.3, 0.4) is 0 Å². The van der Waals surface area contributed by atoms with Crippen LogP contribution in [-0.4, -0.2) is 48.7 Å². The van der Waals surface area contributed by atoms with Crippen LogP contribution >= 0.6 is 0 Å². The molecule has 1 unspecified atom stereocenters. The molecule has 0 amide bonds. The number of aliphatic hydroxyl groups is 1. The largest absolute Gasteiger partial charge is 0.478 e. The van der Waals surface area contributed by atoms with Gasteiger partial charge < -0.3 is 19.7 Å². The van der Waals surface area contributed by atoms with Crippen LogP contribution in [0.1, 0.15) is 12.8 Å². The minimum Gasteiger partial charge on any atom is -0.478 e. The molecular formula is C10H18O5. The Morgan fingerprint density at radius 1 is 1.60 bits per heavy atom. The molecule has 0 bridgehead atoms. The molecule has 0 aliphatic carbocycles. The minimum atomic E-state index is -0.981. The zero-order chi connectivity index (χ0) is 11.5. The third-order valence-corrected chi connectivity index (χ3v) is 1.58. The third kappa shape index (κ3) is 13.1. The van der Waals surface area contributed by atoms with Gasteiger partial charge in [-0.3, -0.25) is 0 Å². The Hall–Kier alpha value is -0.910. The van der Waals surface area contributed by atoms with Crippen LogP contribution in [0.5, 0.6) is 0 Å². The van der Waals surface area contributed by atoms with Gasteiger partial charge in [0.25, 0.3) is 0 Å². The Morgan fingerprint density at radius 3 is 2.60 bits per heavy atom. The first-order valence-electron chi connectivity index (χ1n) is 4.86. The van der Waals surface area contributed by atoms with Crippen molar-refractivity contribution < 1.29 is 24.5 Å². The number of carboxylic acid groups (broad SMARTS) is 1. The molecule has 0 spiro atoms. The molecule has 0 saturated carbocycles. The molecule has 0 radical (unpaired) electrons. The maximum atomic E-state index is 9.25. The van der Waals surface area contributed by atoms with E-state index in [1.54, 1.807) is 0 Å². The van der Waals surface area contributed by atoms with Gasteiger partial charge in [0.1, 0.15) is 6.10 Å². The molecular weight excluding hydrogens is 200 g/mol. The molecule has 1 aliphatic heterocycles. The van der Waals surface area contributed by atoms with E-state index in [1.807, 2.05) is 0 Å². The Morgan fingerprint density at radius 2 is 2.20 bits per heavy atom. The van der Waals surface area contributed by atoms with Crippen molar-refractivity contribution in [2.45, 2.75) is 18.9 Å². The molecule has 0 aromatic rings. The minimum absolute atomic E-state index is 0.267. The molecule has 1 saturated heterocycles. The summed E-state index contributed by atoms with van der Waals surface area (Å²) in [6.45, 7) is 5.57. The SMILES string of the molecule is C=CC(=O)O.OCCCCOCC1CO1. The highest BCUT2D eigenvalue weighted by molar-refractivity contribution is 5.78. The number of aliphatic carboxylic acids is 1. The van der Waals surface area contributed by atoms with Gasteiger partial charge in [-0.1, -0.05) is 6.58 Å². The van der Waals surface area contributed by atoms with Gasteiger partial charge in [-0.15, -0.1) is 0 Å². The van der Waals surface area contributed by atoms with Gasteiger partial charge in [0.15, 0.2) is 0 Å². The average Bonchev–Trinajstić information content (AvgIpc) is 3.02. The van der Waals surface area contributed by atoms with Crippen LogP contribution in [0.4, 0.5) is 0 Å². The molecule has 2 N–H and O–H groups in total. The van der Waals surface area contributed by atoms with Gasteiger partial charge in [0, 0.05) is 19.3 Å². The lowest BCUT2D eigenvalue weighted by molar-refractivity contribution is -0.131. The molecule has 88 valence electrons. The van der Waals surface area contributed by atoms with E-state index in [2.05, 4.69) is 6.58 Å². The van der Waals surface area contributed by atoms with Crippen LogP contribution in [-0.2, 0) is 14.3 Å². The fraction of sp³-hybridized carbons (Fsp3) is 0.700. The maximum Gasteiger partial charge on any atom is 0.327 e. The zero-order valence-corrected chi connectivity index (χ0v) is 8.72. The smallest absolute Gasteiger partial charge is 0.327 e. The number of ether oxygens (including phenoxy) is 2. The predicted octanol–water partition coefficient (Wildman–Crippen LogP) is 0.431. The summed E-state index contributed by atoms with van der Waals surface area (Å²) in [7, 11) is 0. The van der Waals surface area contributed by atoms with E-state index < -0.39 is 5.97 Å². The van der Waals surface area contributed by atoms with E-state index in [-0.39, 0.29) is 6.61 Å². The van der Waals surface area contributed by atoms with Gasteiger partial charge in [-0.2, -0.15) is 0 Å². The Labute approximate surface area is 89.3 Å². The van der Waals surface area contributed by atoms with Gasteiger partial charge in [0.05, 0.1) is 13.2 Å². The van der Waals surface area contributed by atoms with E-state index in [0.717, 1.165) is 38.7 Å². The summed E-state index contributed by atoms with van der Waals surface area (Å²) in [5, 5.41) is 16.0.